The molecule has 1 aromatic heterocycles. The molecule has 0 saturated heterocycles. The SMILES string of the molecule is COC(=O)c1sc(Br)c(C)c1-c1ccc(NS(=O)[O-])c2c1CCCC2. The van der Waals surface area contributed by atoms with Gasteiger partial charge in [0.2, 0.25) is 0 Å². The number of nitrogens with one attached hydrogen (secondary N) is 1. The summed E-state index contributed by atoms with van der Waals surface area (Å²) in [5.74, 6) is -0.360. The predicted octanol–water partition coefficient (Wildman–Crippen LogP) is 4.36. The van der Waals surface area contributed by atoms with Gasteiger partial charge in [-0.25, -0.2) is 4.79 Å². The molecular weight excluding hydrogens is 426 g/mol. The van der Waals surface area contributed by atoms with Crippen molar-refractivity contribution in [3.05, 3.63) is 37.5 Å². The molecule has 1 aromatic carbocycles. The highest BCUT2D eigenvalue weighted by Crippen LogP contribution is 2.44. The number of rotatable bonds is 4. The van der Waals surface area contributed by atoms with E-state index in [4.69, 9.17) is 4.74 Å². The van der Waals surface area contributed by atoms with Crippen LogP contribution in [0.3, 0.4) is 0 Å². The Balaban J connectivity index is 2.22. The van der Waals surface area contributed by atoms with E-state index in [1.54, 1.807) is 6.07 Å². The van der Waals surface area contributed by atoms with E-state index < -0.39 is 11.3 Å². The molecule has 0 saturated carbocycles. The maximum Gasteiger partial charge on any atom is 0.348 e. The van der Waals surface area contributed by atoms with E-state index >= 15 is 0 Å². The van der Waals surface area contributed by atoms with E-state index in [0.717, 1.165) is 57.3 Å². The molecule has 0 bridgehead atoms. The third-order valence-electron chi connectivity index (χ3n) is 4.46. The molecule has 1 heterocycles. The van der Waals surface area contributed by atoms with Crippen molar-refractivity contribution in [3.8, 4) is 11.1 Å². The zero-order chi connectivity index (χ0) is 18.1. The first kappa shape index (κ1) is 18.6. The van der Waals surface area contributed by atoms with Gasteiger partial charge >= 0.3 is 5.97 Å². The standard InChI is InChI=1S/C17H18BrNO4S2/c1-9-14(15(17(20)23-2)24-16(9)18)12-7-8-13(19-25(21)22)11-6-4-3-5-10(11)12/h7-8,19H,3-6H2,1-2H3,(H,21,22)/p-1. The summed E-state index contributed by atoms with van der Waals surface area (Å²) in [5.41, 5.74) is 5.60. The van der Waals surface area contributed by atoms with E-state index in [-0.39, 0.29) is 5.97 Å². The lowest BCUT2D eigenvalue weighted by Gasteiger charge is -2.24. The van der Waals surface area contributed by atoms with Crippen LogP contribution in [0.1, 0.15) is 39.2 Å². The molecule has 1 aliphatic rings. The van der Waals surface area contributed by atoms with Gasteiger partial charge in [-0.1, -0.05) is 6.07 Å². The molecule has 134 valence electrons. The minimum absolute atomic E-state index is 0.360. The summed E-state index contributed by atoms with van der Waals surface area (Å²) in [7, 11) is 1.38. The largest absolute Gasteiger partial charge is 0.755 e. The Bertz CT molecular complexity index is 863. The van der Waals surface area contributed by atoms with Crippen LogP contribution in [-0.4, -0.2) is 21.8 Å². The molecule has 25 heavy (non-hydrogen) atoms. The van der Waals surface area contributed by atoms with Crippen LogP contribution in [0.15, 0.2) is 15.9 Å². The fraction of sp³-hybridized carbons (Fsp3) is 0.353. The Hall–Kier alpha value is -1.22. The molecule has 0 fully saturated rings. The highest BCUT2D eigenvalue weighted by atomic mass is 79.9. The highest BCUT2D eigenvalue weighted by molar-refractivity contribution is 9.11. The first-order valence-electron chi connectivity index (χ1n) is 7.82. The van der Waals surface area contributed by atoms with Crippen molar-refractivity contribution in [2.75, 3.05) is 11.8 Å². The maximum atomic E-state index is 12.2. The van der Waals surface area contributed by atoms with Crippen LogP contribution in [0.5, 0.6) is 0 Å². The quantitative estimate of drug-likeness (QED) is 0.563. The summed E-state index contributed by atoms with van der Waals surface area (Å²) in [6.45, 7) is 1.97. The second-order valence-electron chi connectivity index (χ2n) is 5.86. The molecule has 1 N–H and O–H groups in total. The Kier molecular flexibility index (Phi) is 5.62. The summed E-state index contributed by atoms with van der Waals surface area (Å²) < 4.78 is 30.5. The molecule has 1 aliphatic carbocycles. The van der Waals surface area contributed by atoms with Crippen molar-refractivity contribution in [3.63, 3.8) is 0 Å². The van der Waals surface area contributed by atoms with Gasteiger partial charge in [0, 0.05) is 22.5 Å². The molecule has 8 heteroatoms. The fourth-order valence-electron chi connectivity index (χ4n) is 3.33. The molecule has 0 radical (unpaired) electrons. The van der Waals surface area contributed by atoms with Crippen LogP contribution < -0.4 is 4.72 Å². The van der Waals surface area contributed by atoms with E-state index in [2.05, 4.69) is 20.7 Å². The average molecular weight is 443 g/mol. The lowest BCUT2D eigenvalue weighted by atomic mass is 9.84. The molecule has 2 aromatic rings. The van der Waals surface area contributed by atoms with Crippen molar-refractivity contribution in [1.82, 2.24) is 0 Å². The van der Waals surface area contributed by atoms with E-state index in [1.807, 2.05) is 13.0 Å². The van der Waals surface area contributed by atoms with Gasteiger partial charge in [-0.15, -0.1) is 11.3 Å². The van der Waals surface area contributed by atoms with Crippen LogP contribution in [0, 0.1) is 6.92 Å². The number of esters is 1. The summed E-state index contributed by atoms with van der Waals surface area (Å²) in [5, 5.41) is 0. The predicted molar refractivity (Wildman–Crippen MR) is 103 cm³/mol. The summed E-state index contributed by atoms with van der Waals surface area (Å²) in [6, 6.07) is 3.68. The molecule has 0 aliphatic heterocycles. The normalized spacial score (nSPS) is 14.7. The summed E-state index contributed by atoms with van der Waals surface area (Å²) in [4.78, 5) is 12.8. The van der Waals surface area contributed by atoms with E-state index in [0.29, 0.717) is 10.6 Å². The van der Waals surface area contributed by atoms with Gasteiger partial charge in [0.15, 0.2) is 0 Å². The molecule has 3 rings (SSSR count). The highest BCUT2D eigenvalue weighted by Gasteiger charge is 2.26. The minimum Gasteiger partial charge on any atom is -0.755 e. The number of anilines is 1. The second-order valence-corrected chi connectivity index (χ2v) is 8.87. The number of hydrogen-bond donors (Lipinski definition) is 1. The van der Waals surface area contributed by atoms with Crippen molar-refractivity contribution < 1.29 is 18.3 Å². The monoisotopic (exact) mass is 442 g/mol. The molecule has 0 spiro atoms. The van der Waals surface area contributed by atoms with Crippen molar-refractivity contribution in [2.45, 2.75) is 32.6 Å². The van der Waals surface area contributed by atoms with E-state index in [1.165, 1.54) is 18.4 Å². The first-order chi connectivity index (χ1) is 11.9. The second kappa shape index (κ2) is 7.57. The smallest absolute Gasteiger partial charge is 0.348 e. The third kappa shape index (κ3) is 3.53. The number of fused-ring (bicyclic) bond motifs is 1. The zero-order valence-corrected chi connectivity index (χ0v) is 17.0. The minimum atomic E-state index is -2.36. The van der Waals surface area contributed by atoms with Crippen LogP contribution in [0.4, 0.5) is 5.69 Å². The lowest BCUT2D eigenvalue weighted by Crippen LogP contribution is -2.12. The van der Waals surface area contributed by atoms with Gasteiger partial charge < -0.3 is 14.0 Å². The number of halogens is 1. The van der Waals surface area contributed by atoms with Crippen molar-refractivity contribution >= 4 is 50.2 Å². The number of hydrogen-bond acceptors (Lipinski definition) is 5. The van der Waals surface area contributed by atoms with Gasteiger partial charge in [-0.2, -0.15) is 0 Å². The Morgan fingerprint density at radius 1 is 1.32 bits per heavy atom. The van der Waals surface area contributed by atoms with Gasteiger partial charge in [0.25, 0.3) is 0 Å². The summed E-state index contributed by atoms with van der Waals surface area (Å²) in [6.07, 6.45) is 3.74. The Morgan fingerprint density at radius 2 is 2.00 bits per heavy atom. The molecule has 1 atom stereocenters. The Labute approximate surface area is 161 Å². The van der Waals surface area contributed by atoms with Crippen LogP contribution in [0.2, 0.25) is 0 Å². The van der Waals surface area contributed by atoms with Crippen LogP contribution in [-0.2, 0) is 28.8 Å². The number of carbonyl (C=O) groups is 1. The van der Waals surface area contributed by atoms with Crippen LogP contribution in [0.25, 0.3) is 11.1 Å². The van der Waals surface area contributed by atoms with Gasteiger partial charge in [0.05, 0.1) is 10.9 Å². The lowest BCUT2D eigenvalue weighted by molar-refractivity contribution is 0.0607. The van der Waals surface area contributed by atoms with Crippen LogP contribution >= 0.6 is 27.3 Å². The topological polar surface area (TPSA) is 78.5 Å². The molecule has 1 unspecified atom stereocenters. The van der Waals surface area contributed by atoms with Gasteiger partial charge in [-0.3, -0.25) is 4.21 Å². The fourth-order valence-corrected chi connectivity index (χ4v) is 5.35. The number of carbonyl (C=O) groups excluding carboxylic acids is 1. The number of thiophene rings is 1. The molecule has 5 nitrogen and oxygen atoms in total. The van der Waals surface area contributed by atoms with Gasteiger partial charge in [-0.05, 0) is 76.9 Å². The number of methoxy groups -OCH3 is 1. The third-order valence-corrected chi connectivity index (χ3v) is 6.98. The number of benzene rings is 1. The Morgan fingerprint density at radius 3 is 2.64 bits per heavy atom. The van der Waals surface area contributed by atoms with E-state index in [9.17, 15) is 13.6 Å². The number of ether oxygens (including phenoxy) is 1. The van der Waals surface area contributed by atoms with Crippen molar-refractivity contribution in [1.29, 1.82) is 0 Å². The molecular formula is C17H17BrNO4S2-. The maximum absolute atomic E-state index is 12.2. The summed E-state index contributed by atoms with van der Waals surface area (Å²) >= 11 is 2.53. The zero-order valence-electron chi connectivity index (χ0n) is 13.8. The average Bonchev–Trinajstić information content (AvgIpc) is 2.89. The first-order valence-corrected chi connectivity index (χ1v) is 10.5. The van der Waals surface area contributed by atoms with Gasteiger partial charge in [0.1, 0.15) is 4.88 Å². The molecule has 0 amide bonds. The van der Waals surface area contributed by atoms with Crippen molar-refractivity contribution in [2.24, 2.45) is 0 Å².